The van der Waals surface area contributed by atoms with Crippen molar-refractivity contribution in [1.29, 1.82) is 0 Å². The zero-order valence-electron chi connectivity index (χ0n) is 16.8. The molecule has 0 aliphatic rings. The summed E-state index contributed by atoms with van der Waals surface area (Å²) in [7, 11) is -4.02. The zero-order valence-corrected chi connectivity index (χ0v) is 17.6. The van der Waals surface area contributed by atoms with Crippen LogP contribution in [0.5, 0.6) is 0 Å². The third kappa shape index (κ3) is 5.53. The number of para-hydroxylation sites is 1. The van der Waals surface area contributed by atoms with Crippen molar-refractivity contribution in [3.8, 4) is 0 Å². The summed E-state index contributed by atoms with van der Waals surface area (Å²) in [5, 5.41) is 5.24. The monoisotopic (exact) mass is 439 g/mol. The summed E-state index contributed by atoms with van der Waals surface area (Å²) in [6, 6.07) is 7.51. The van der Waals surface area contributed by atoms with E-state index in [1.165, 1.54) is 19.1 Å². The Bertz CT molecular complexity index is 1040. The predicted octanol–water partition coefficient (Wildman–Crippen LogP) is 2.90. The van der Waals surface area contributed by atoms with Crippen LogP contribution in [-0.2, 0) is 14.8 Å². The molecule has 7 nitrogen and oxygen atoms in total. The minimum Gasteiger partial charge on any atom is -0.352 e. The molecule has 0 bridgehead atoms. The van der Waals surface area contributed by atoms with Gasteiger partial charge in [-0.15, -0.1) is 0 Å². The standard InChI is InChI=1S/C20H23F2N3O4S/c1-4-11-23-20(27)15-7-5-6-8-18(15)24-19(26)13(2)25(30(3,28)29)14-9-10-16(21)17(22)12-14/h5-10,12-13H,4,11H2,1-3H3,(H,23,27)(H,24,26)/t13-/m1/s1. The summed E-state index contributed by atoms with van der Waals surface area (Å²) in [5.74, 6) is -3.52. The molecular weight excluding hydrogens is 416 g/mol. The van der Waals surface area contributed by atoms with Gasteiger partial charge in [-0.05, 0) is 37.6 Å². The summed E-state index contributed by atoms with van der Waals surface area (Å²) < 4.78 is 52.2. The molecule has 0 unspecified atom stereocenters. The van der Waals surface area contributed by atoms with Gasteiger partial charge in [0.1, 0.15) is 6.04 Å². The lowest BCUT2D eigenvalue weighted by atomic mass is 10.1. The number of rotatable bonds is 8. The molecule has 10 heteroatoms. The van der Waals surface area contributed by atoms with E-state index in [4.69, 9.17) is 0 Å². The maximum atomic E-state index is 13.6. The highest BCUT2D eigenvalue weighted by Gasteiger charge is 2.30. The van der Waals surface area contributed by atoms with Crippen LogP contribution in [0.25, 0.3) is 0 Å². The predicted molar refractivity (Wildman–Crippen MR) is 111 cm³/mol. The van der Waals surface area contributed by atoms with Crippen LogP contribution in [0, 0.1) is 11.6 Å². The van der Waals surface area contributed by atoms with Crippen LogP contribution in [0.4, 0.5) is 20.2 Å². The molecule has 0 saturated carbocycles. The molecule has 0 spiro atoms. The highest BCUT2D eigenvalue weighted by atomic mass is 32.2. The van der Waals surface area contributed by atoms with Crippen molar-refractivity contribution in [2.24, 2.45) is 0 Å². The van der Waals surface area contributed by atoms with Gasteiger partial charge in [-0.1, -0.05) is 19.1 Å². The number of benzene rings is 2. The Morgan fingerprint density at radius 2 is 1.77 bits per heavy atom. The Hall–Kier alpha value is -3.01. The van der Waals surface area contributed by atoms with E-state index in [1.807, 2.05) is 6.92 Å². The van der Waals surface area contributed by atoms with Gasteiger partial charge in [0.2, 0.25) is 15.9 Å². The van der Waals surface area contributed by atoms with Crippen LogP contribution in [0.15, 0.2) is 42.5 Å². The molecule has 2 rings (SSSR count). The maximum absolute atomic E-state index is 13.6. The molecule has 162 valence electrons. The van der Waals surface area contributed by atoms with E-state index < -0.39 is 33.6 Å². The van der Waals surface area contributed by atoms with Crippen LogP contribution in [0.2, 0.25) is 0 Å². The van der Waals surface area contributed by atoms with Crippen molar-refractivity contribution in [1.82, 2.24) is 5.32 Å². The lowest BCUT2D eigenvalue weighted by molar-refractivity contribution is -0.116. The maximum Gasteiger partial charge on any atom is 0.253 e. The molecule has 0 aliphatic heterocycles. The highest BCUT2D eigenvalue weighted by molar-refractivity contribution is 7.92. The largest absolute Gasteiger partial charge is 0.352 e. The third-order valence-electron chi connectivity index (χ3n) is 4.21. The van der Waals surface area contributed by atoms with E-state index in [0.717, 1.165) is 24.8 Å². The number of anilines is 2. The molecule has 2 aromatic carbocycles. The van der Waals surface area contributed by atoms with Gasteiger partial charge in [0.05, 0.1) is 23.2 Å². The van der Waals surface area contributed by atoms with E-state index in [1.54, 1.807) is 12.1 Å². The Morgan fingerprint density at radius 3 is 2.37 bits per heavy atom. The first-order chi connectivity index (χ1) is 14.1. The summed E-state index contributed by atoms with van der Waals surface area (Å²) in [6.07, 6.45) is 1.58. The van der Waals surface area contributed by atoms with Gasteiger partial charge in [-0.2, -0.15) is 0 Å². The Balaban J connectivity index is 2.33. The van der Waals surface area contributed by atoms with E-state index in [-0.39, 0.29) is 22.8 Å². The second kappa shape index (κ2) is 9.66. The fraction of sp³-hybridized carbons (Fsp3) is 0.300. The third-order valence-corrected chi connectivity index (χ3v) is 5.45. The van der Waals surface area contributed by atoms with Gasteiger partial charge in [-0.25, -0.2) is 17.2 Å². The molecule has 2 aromatic rings. The van der Waals surface area contributed by atoms with Gasteiger partial charge in [0, 0.05) is 12.6 Å². The average molecular weight is 439 g/mol. The van der Waals surface area contributed by atoms with Gasteiger partial charge in [0.25, 0.3) is 5.91 Å². The van der Waals surface area contributed by atoms with Gasteiger partial charge in [0.15, 0.2) is 11.6 Å². The van der Waals surface area contributed by atoms with Crippen molar-refractivity contribution in [3.63, 3.8) is 0 Å². The number of halogens is 2. The van der Waals surface area contributed by atoms with E-state index in [2.05, 4.69) is 10.6 Å². The van der Waals surface area contributed by atoms with Crippen LogP contribution in [0.3, 0.4) is 0 Å². The van der Waals surface area contributed by atoms with Crippen molar-refractivity contribution in [2.45, 2.75) is 26.3 Å². The molecule has 30 heavy (non-hydrogen) atoms. The second-order valence-electron chi connectivity index (χ2n) is 6.62. The fourth-order valence-corrected chi connectivity index (χ4v) is 3.96. The van der Waals surface area contributed by atoms with E-state index in [9.17, 15) is 26.8 Å². The van der Waals surface area contributed by atoms with Crippen molar-refractivity contribution < 1.29 is 26.8 Å². The van der Waals surface area contributed by atoms with Gasteiger partial charge >= 0.3 is 0 Å². The lowest BCUT2D eigenvalue weighted by Gasteiger charge is -2.28. The summed E-state index contributed by atoms with van der Waals surface area (Å²) in [6.45, 7) is 3.65. The van der Waals surface area contributed by atoms with Crippen molar-refractivity contribution in [2.75, 3.05) is 22.4 Å². The average Bonchev–Trinajstić information content (AvgIpc) is 2.68. The Morgan fingerprint density at radius 1 is 1.10 bits per heavy atom. The first-order valence-electron chi connectivity index (χ1n) is 9.18. The summed E-state index contributed by atoms with van der Waals surface area (Å²) in [5.41, 5.74) is 0.208. The second-order valence-corrected chi connectivity index (χ2v) is 8.48. The number of hydrogen-bond acceptors (Lipinski definition) is 4. The SMILES string of the molecule is CCCNC(=O)c1ccccc1NC(=O)[C@@H](C)N(c1ccc(F)c(F)c1)S(C)(=O)=O. The first kappa shape index (κ1) is 23.3. The number of sulfonamides is 1. The molecule has 0 heterocycles. The number of carbonyl (C=O) groups excluding carboxylic acids is 2. The number of nitrogens with zero attached hydrogens (tertiary/aromatic N) is 1. The quantitative estimate of drug-likeness (QED) is 0.661. The number of amides is 2. The molecule has 0 radical (unpaired) electrons. The minimum absolute atomic E-state index is 0.196. The summed E-state index contributed by atoms with van der Waals surface area (Å²) in [4.78, 5) is 25.1. The van der Waals surface area contributed by atoms with Crippen LogP contribution < -0.4 is 14.9 Å². The van der Waals surface area contributed by atoms with Crippen LogP contribution in [-0.4, -0.2) is 39.1 Å². The van der Waals surface area contributed by atoms with E-state index >= 15 is 0 Å². The molecule has 2 N–H and O–H groups in total. The fourth-order valence-electron chi connectivity index (χ4n) is 2.79. The number of hydrogen-bond donors (Lipinski definition) is 2. The Kier molecular flexibility index (Phi) is 7.49. The van der Waals surface area contributed by atoms with Gasteiger partial charge < -0.3 is 10.6 Å². The smallest absolute Gasteiger partial charge is 0.253 e. The normalized spacial score (nSPS) is 12.2. The lowest BCUT2D eigenvalue weighted by Crippen LogP contribution is -2.45. The number of nitrogens with one attached hydrogen (secondary N) is 2. The molecule has 0 aromatic heterocycles. The van der Waals surface area contributed by atoms with Crippen molar-refractivity contribution >= 4 is 33.2 Å². The van der Waals surface area contributed by atoms with Crippen LogP contribution in [0.1, 0.15) is 30.6 Å². The molecular formula is C20H23F2N3O4S. The van der Waals surface area contributed by atoms with E-state index in [0.29, 0.717) is 16.9 Å². The first-order valence-corrected chi connectivity index (χ1v) is 11.0. The summed E-state index contributed by atoms with van der Waals surface area (Å²) >= 11 is 0. The molecule has 2 amide bonds. The molecule has 1 atom stereocenters. The topological polar surface area (TPSA) is 95.6 Å². The molecule has 0 fully saturated rings. The molecule has 0 saturated heterocycles. The number of carbonyl (C=O) groups is 2. The van der Waals surface area contributed by atoms with Crippen LogP contribution >= 0.6 is 0 Å². The molecule has 0 aliphatic carbocycles. The highest BCUT2D eigenvalue weighted by Crippen LogP contribution is 2.24. The minimum atomic E-state index is -4.02. The van der Waals surface area contributed by atoms with Gasteiger partial charge in [-0.3, -0.25) is 13.9 Å². The van der Waals surface area contributed by atoms with Crippen molar-refractivity contribution in [3.05, 3.63) is 59.7 Å². The Labute approximate surface area is 174 Å². The zero-order chi connectivity index (χ0) is 22.5.